The SMILES string of the molecule is COCC(C)CNC(=O)N[C@@H](C)C(=O)O. The van der Waals surface area contributed by atoms with Gasteiger partial charge < -0.3 is 20.5 Å². The molecule has 2 amide bonds. The van der Waals surface area contributed by atoms with E-state index in [0.717, 1.165) is 0 Å². The second-order valence-corrected chi connectivity index (χ2v) is 3.47. The van der Waals surface area contributed by atoms with Gasteiger partial charge in [0.25, 0.3) is 0 Å². The van der Waals surface area contributed by atoms with Gasteiger partial charge in [0.1, 0.15) is 6.04 Å². The van der Waals surface area contributed by atoms with Gasteiger partial charge in [0.2, 0.25) is 0 Å². The molecule has 0 aromatic heterocycles. The number of aliphatic carboxylic acids is 1. The van der Waals surface area contributed by atoms with Crippen molar-refractivity contribution in [2.24, 2.45) is 5.92 Å². The Morgan fingerprint density at radius 1 is 1.40 bits per heavy atom. The van der Waals surface area contributed by atoms with Crippen molar-refractivity contribution in [3.63, 3.8) is 0 Å². The van der Waals surface area contributed by atoms with Gasteiger partial charge >= 0.3 is 12.0 Å². The third-order valence-electron chi connectivity index (χ3n) is 1.78. The molecule has 0 radical (unpaired) electrons. The molecule has 0 aliphatic rings. The van der Waals surface area contributed by atoms with Gasteiger partial charge in [-0.15, -0.1) is 0 Å². The van der Waals surface area contributed by atoms with E-state index in [4.69, 9.17) is 9.84 Å². The predicted molar refractivity (Wildman–Crippen MR) is 54.7 cm³/mol. The van der Waals surface area contributed by atoms with Crippen molar-refractivity contribution in [2.75, 3.05) is 20.3 Å². The lowest BCUT2D eigenvalue weighted by molar-refractivity contribution is -0.138. The fraction of sp³-hybridized carbons (Fsp3) is 0.778. The van der Waals surface area contributed by atoms with Gasteiger partial charge in [-0.05, 0) is 12.8 Å². The van der Waals surface area contributed by atoms with Gasteiger partial charge in [0.05, 0.1) is 6.61 Å². The smallest absolute Gasteiger partial charge is 0.325 e. The Kier molecular flexibility index (Phi) is 6.44. The molecule has 88 valence electrons. The number of rotatable bonds is 6. The summed E-state index contributed by atoms with van der Waals surface area (Å²) >= 11 is 0. The maximum Gasteiger partial charge on any atom is 0.325 e. The van der Waals surface area contributed by atoms with Crippen LogP contribution in [-0.2, 0) is 9.53 Å². The fourth-order valence-corrected chi connectivity index (χ4v) is 0.920. The molecule has 6 heteroatoms. The normalized spacial score (nSPS) is 14.1. The largest absolute Gasteiger partial charge is 0.480 e. The molecule has 0 aliphatic carbocycles. The molecule has 0 aliphatic heterocycles. The molecule has 6 nitrogen and oxygen atoms in total. The molecule has 1 unspecified atom stereocenters. The topological polar surface area (TPSA) is 87.7 Å². The van der Waals surface area contributed by atoms with Gasteiger partial charge in [0.15, 0.2) is 0 Å². The average Bonchev–Trinajstić information content (AvgIpc) is 2.15. The standard InChI is InChI=1S/C9H18N2O4/c1-6(5-15-3)4-10-9(14)11-7(2)8(12)13/h6-7H,4-5H2,1-3H3,(H,12,13)(H2,10,11,14)/t6?,7-/m0/s1. The zero-order valence-electron chi connectivity index (χ0n) is 9.24. The number of carbonyl (C=O) groups excluding carboxylic acids is 1. The van der Waals surface area contributed by atoms with Crippen LogP contribution in [0.1, 0.15) is 13.8 Å². The summed E-state index contributed by atoms with van der Waals surface area (Å²) in [6.07, 6.45) is 0. The summed E-state index contributed by atoms with van der Waals surface area (Å²) in [7, 11) is 1.59. The molecule has 2 atom stereocenters. The first-order chi connectivity index (χ1) is 6.97. The molecule has 0 saturated carbocycles. The van der Waals surface area contributed by atoms with E-state index in [-0.39, 0.29) is 5.92 Å². The van der Waals surface area contributed by atoms with E-state index < -0.39 is 18.0 Å². The summed E-state index contributed by atoms with van der Waals surface area (Å²) in [6.45, 7) is 4.33. The number of ether oxygens (including phenoxy) is 1. The second-order valence-electron chi connectivity index (χ2n) is 3.47. The fourth-order valence-electron chi connectivity index (χ4n) is 0.920. The monoisotopic (exact) mass is 218 g/mol. The Hall–Kier alpha value is -1.30. The van der Waals surface area contributed by atoms with E-state index >= 15 is 0 Å². The van der Waals surface area contributed by atoms with Gasteiger partial charge in [-0.2, -0.15) is 0 Å². The highest BCUT2D eigenvalue weighted by Crippen LogP contribution is 1.91. The van der Waals surface area contributed by atoms with Gasteiger partial charge in [-0.1, -0.05) is 6.92 Å². The molecule has 0 aromatic rings. The Bertz CT molecular complexity index is 220. The third kappa shape index (κ3) is 6.73. The lowest BCUT2D eigenvalue weighted by Gasteiger charge is -2.13. The maximum atomic E-state index is 11.1. The highest BCUT2D eigenvalue weighted by Gasteiger charge is 2.13. The quantitative estimate of drug-likeness (QED) is 0.587. The molecule has 0 saturated heterocycles. The first kappa shape index (κ1) is 13.7. The van der Waals surface area contributed by atoms with Crippen molar-refractivity contribution >= 4 is 12.0 Å². The number of methoxy groups -OCH3 is 1. The molecule has 0 aromatic carbocycles. The second kappa shape index (κ2) is 7.05. The summed E-state index contributed by atoms with van der Waals surface area (Å²) in [5.74, 6) is -0.865. The summed E-state index contributed by atoms with van der Waals surface area (Å²) in [5, 5.41) is 13.4. The van der Waals surface area contributed by atoms with E-state index in [9.17, 15) is 9.59 Å². The van der Waals surface area contributed by atoms with Crippen LogP contribution in [0.2, 0.25) is 0 Å². The van der Waals surface area contributed by atoms with Crippen LogP contribution in [0.5, 0.6) is 0 Å². The molecule has 3 N–H and O–H groups in total. The zero-order chi connectivity index (χ0) is 11.8. The number of carbonyl (C=O) groups is 2. The molecule has 0 spiro atoms. The van der Waals surface area contributed by atoms with Crippen molar-refractivity contribution in [1.82, 2.24) is 10.6 Å². The molecule has 0 fully saturated rings. The van der Waals surface area contributed by atoms with E-state index in [1.54, 1.807) is 7.11 Å². The minimum absolute atomic E-state index is 0.195. The van der Waals surface area contributed by atoms with Crippen LogP contribution < -0.4 is 10.6 Å². The van der Waals surface area contributed by atoms with Crippen LogP contribution in [-0.4, -0.2) is 43.4 Å². The number of carboxylic acids is 1. The van der Waals surface area contributed by atoms with Crippen molar-refractivity contribution in [1.29, 1.82) is 0 Å². The summed E-state index contributed by atoms with van der Waals surface area (Å²) < 4.78 is 4.89. The molecule has 15 heavy (non-hydrogen) atoms. The molecular weight excluding hydrogens is 200 g/mol. The number of urea groups is 1. The molecular formula is C9H18N2O4. The van der Waals surface area contributed by atoms with E-state index in [1.807, 2.05) is 6.92 Å². The van der Waals surface area contributed by atoms with Crippen molar-refractivity contribution < 1.29 is 19.4 Å². The molecule has 0 rings (SSSR count). The Morgan fingerprint density at radius 2 is 2.00 bits per heavy atom. The van der Waals surface area contributed by atoms with E-state index in [0.29, 0.717) is 13.2 Å². The first-order valence-electron chi connectivity index (χ1n) is 4.73. The minimum Gasteiger partial charge on any atom is -0.480 e. The van der Waals surface area contributed by atoms with Crippen LogP contribution in [0.4, 0.5) is 4.79 Å². The van der Waals surface area contributed by atoms with Crippen molar-refractivity contribution in [3.05, 3.63) is 0 Å². The minimum atomic E-state index is -1.06. The zero-order valence-corrected chi connectivity index (χ0v) is 9.24. The number of amides is 2. The predicted octanol–water partition coefficient (Wildman–Crippen LogP) is 0.0412. The van der Waals surface area contributed by atoms with E-state index in [2.05, 4.69) is 10.6 Å². The first-order valence-corrected chi connectivity index (χ1v) is 4.73. The Labute approximate surface area is 89.0 Å². The third-order valence-corrected chi connectivity index (χ3v) is 1.78. The van der Waals surface area contributed by atoms with Crippen LogP contribution in [0.25, 0.3) is 0 Å². The van der Waals surface area contributed by atoms with E-state index in [1.165, 1.54) is 6.92 Å². The summed E-state index contributed by atoms with van der Waals surface area (Å²) in [6, 6.07) is -1.37. The van der Waals surface area contributed by atoms with Crippen molar-refractivity contribution in [2.45, 2.75) is 19.9 Å². The highest BCUT2D eigenvalue weighted by molar-refractivity contribution is 5.82. The number of carboxylic acid groups (broad SMARTS) is 1. The average molecular weight is 218 g/mol. The van der Waals surface area contributed by atoms with Gasteiger partial charge in [0, 0.05) is 13.7 Å². The van der Waals surface area contributed by atoms with Gasteiger partial charge in [-0.3, -0.25) is 4.79 Å². The number of hydrogen-bond donors (Lipinski definition) is 3. The Morgan fingerprint density at radius 3 is 2.47 bits per heavy atom. The highest BCUT2D eigenvalue weighted by atomic mass is 16.5. The van der Waals surface area contributed by atoms with Crippen LogP contribution in [0.3, 0.4) is 0 Å². The molecule has 0 bridgehead atoms. The van der Waals surface area contributed by atoms with Gasteiger partial charge in [-0.25, -0.2) is 4.79 Å². The maximum absolute atomic E-state index is 11.1. The van der Waals surface area contributed by atoms with Crippen LogP contribution in [0, 0.1) is 5.92 Å². The lowest BCUT2D eigenvalue weighted by Crippen LogP contribution is -2.45. The van der Waals surface area contributed by atoms with Crippen LogP contribution in [0.15, 0.2) is 0 Å². The van der Waals surface area contributed by atoms with Crippen LogP contribution >= 0.6 is 0 Å². The summed E-state index contributed by atoms with van der Waals surface area (Å²) in [4.78, 5) is 21.6. The molecule has 0 heterocycles. The summed E-state index contributed by atoms with van der Waals surface area (Å²) in [5.41, 5.74) is 0. The number of hydrogen-bond acceptors (Lipinski definition) is 3. The number of nitrogens with one attached hydrogen (secondary N) is 2. The lowest BCUT2D eigenvalue weighted by atomic mass is 10.2. The Balaban J connectivity index is 3.70. The van der Waals surface area contributed by atoms with Crippen molar-refractivity contribution in [3.8, 4) is 0 Å².